The van der Waals surface area contributed by atoms with Crippen LogP contribution < -0.4 is 5.32 Å². The molecule has 0 aliphatic rings. The van der Waals surface area contributed by atoms with Crippen molar-refractivity contribution in [2.24, 2.45) is 0 Å². The summed E-state index contributed by atoms with van der Waals surface area (Å²) in [4.78, 5) is 16.8. The molecule has 3 aromatic heterocycles. The largest absolute Gasteiger partial charge is 0.348 e. The monoisotopic (exact) mass is 377 g/mol. The van der Waals surface area contributed by atoms with E-state index >= 15 is 0 Å². The number of carbonyl (C=O) groups is 1. The molecule has 0 saturated heterocycles. The molecule has 4 aromatic rings. The van der Waals surface area contributed by atoms with E-state index in [1.54, 1.807) is 35.4 Å². The van der Waals surface area contributed by atoms with Gasteiger partial charge in [0.15, 0.2) is 5.82 Å². The molecule has 0 fully saturated rings. The minimum atomic E-state index is -0.198. The minimum absolute atomic E-state index is 0.198. The fourth-order valence-corrected chi connectivity index (χ4v) is 2.90. The van der Waals surface area contributed by atoms with Crippen molar-refractivity contribution < 1.29 is 4.79 Å². The predicted octanol–water partition coefficient (Wildman–Crippen LogP) is 3.64. The molecule has 0 unspecified atom stereocenters. The van der Waals surface area contributed by atoms with E-state index in [0.29, 0.717) is 22.9 Å². The van der Waals surface area contributed by atoms with E-state index in [9.17, 15) is 4.79 Å². The smallest absolute Gasteiger partial charge is 0.256 e. The first-order valence-corrected chi connectivity index (χ1v) is 8.74. The standard InChI is InChI=1S/C20H16ClN5O/c21-16-3-5-17(6-4-16)26-20(25-11-1-2-12-25)18(14-24-26)19(27)23-13-15-7-9-22-10-8-15/h1-12,14H,13H2,(H,23,27). The quantitative estimate of drug-likeness (QED) is 0.577. The lowest BCUT2D eigenvalue weighted by atomic mass is 10.2. The van der Waals surface area contributed by atoms with Crippen LogP contribution in [-0.4, -0.2) is 25.2 Å². The van der Waals surface area contributed by atoms with Gasteiger partial charge in [-0.25, -0.2) is 4.68 Å². The molecule has 0 atom stereocenters. The molecular formula is C20H16ClN5O. The Morgan fingerprint density at radius 1 is 1.04 bits per heavy atom. The maximum Gasteiger partial charge on any atom is 0.256 e. The lowest BCUT2D eigenvalue weighted by Gasteiger charge is -2.11. The van der Waals surface area contributed by atoms with Crippen LogP contribution in [-0.2, 0) is 6.54 Å². The third-order valence-corrected chi connectivity index (χ3v) is 4.36. The molecule has 0 radical (unpaired) electrons. The van der Waals surface area contributed by atoms with Gasteiger partial charge in [0.2, 0.25) is 0 Å². The molecule has 1 N–H and O–H groups in total. The van der Waals surface area contributed by atoms with Crippen LogP contribution in [0.1, 0.15) is 15.9 Å². The van der Waals surface area contributed by atoms with Crippen molar-refractivity contribution in [1.82, 2.24) is 24.6 Å². The van der Waals surface area contributed by atoms with Gasteiger partial charge in [0.05, 0.1) is 11.9 Å². The first kappa shape index (κ1) is 17.1. The van der Waals surface area contributed by atoms with Crippen molar-refractivity contribution in [2.45, 2.75) is 6.54 Å². The zero-order chi connectivity index (χ0) is 18.6. The van der Waals surface area contributed by atoms with E-state index in [2.05, 4.69) is 15.4 Å². The van der Waals surface area contributed by atoms with E-state index in [1.807, 2.05) is 53.4 Å². The molecule has 134 valence electrons. The van der Waals surface area contributed by atoms with Crippen LogP contribution in [0.15, 0.2) is 79.5 Å². The number of amides is 1. The van der Waals surface area contributed by atoms with E-state index < -0.39 is 0 Å². The number of benzene rings is 1. The second-order valence-corrected chi connectivity index (χ2v) is 6.33. The highest BCUT2D eigenvalue weighted by Gasteiger charge is 2.19. The number of carbonyl (C=O) groups excluding carboxylic acids is 1. The topological polar surface area (TPSA) is 64.7 Å². The third-order valence-electron chi connectivity index (χ3n) is 4.11. The summed E-state index contributed by atoms with van der Waals surface area (Å²) in [6, 6.07) is 14.8. The van der Waals surface area contributed by atoms with Crippen molar-refractivity contribution in [3.05, 3.63) is 95.7 Å². The third kappa shape index (κ3) is 3.61. The Morgan fingerprint density at radius 3 is 2.44 bits per heavy atom. The molecule has 0 aliphatic heterocycles. The van der Waals surface area contributed by atoms with Crippen molar-refractivity contribution in [3.8, 4) is 11.5 Å². The molecule has 7 heteroatoms. The summed E-state index contributed by atoms with van der Waals surface area (Å²) in [5.41, 5.74) is 2.28. The lowest BCUT2D eigenvalue weighted by molar-refractivity contribution is 0.0951. The number of hydrogen-bond acceptors (Lipinski definition) is 3. The van der Waals surface area contributed by atoms with Gasteiger partial charge in [-0.3, -0.25) is 9.78 Å². The van der Waals surface area contributed by atoms with Crippen LogP contribution in [0.2, 0.25) is 5.02 Å². The molecule has 4 rings (SSSR count). The SMILES string of the molecule is O=C(NCc1ccncc1)c1cnn(-c2ccc(Cl)cc2)c1-n1cccc1. The van der Waals surface area contributed by atoms with Crippen molar-refractivity contribution >= 4 is 17.5 Å². The minimum Gasteiger partial charge on any atom is -0.348 e. The lowest BCUT2D eigenvalue weighted by Crippen LogP contribution is -2.24. The summed E-state index contributed by atoms with van der Waals surface area (Å²) in [5.74, 6) is 0.463. The van der Waals surface area contributed by atoms with Gasteiger partial charge in [0, 0.05) is 36.4 Å². The molecule has 1 amide bonds. The van der Waals surface area contributed by atoms with Gasteiger partial charge >= 0.3 is 0 Å². The highest BCUT2D eigenvalue weighted by molar-refractivity contribution is 6.30. The highest BCUT2D eigenvalue weighted by atomic mass is 35.5. The van der Waals surface area contributed by atoms with E-state index in [1.165, 1.54) is 0 Å². The van der Waals surface area contributed by atoms with Crippen LogP contribution in [0.3, 0.4) is 0 Å². The Balaban J connectivity index is 1.68. The Morgan fingerprint density at radius 2 is 1.74 bits per heavy atom. The second kappa shape index (κ2) is 7.47. The molecule has 0 bridgehead atoms. The van der Waals surface area contributed by atoms with Gasteiger partial charge in [-0.2, -0.15) is 5.10 Å². The molecule has 0 aliphatic carbocycles. The normalized spacial score (nSPS) is 10.7. The van der Waals surface area contributed by atoms with Gasteiger partial charge in [-0.1, -0.05) is 11.6 Å². The molecule has 0 saturated carbocycles. The number of nitrogens with one attached hydrogen (secondary N) is 1. The van der Waals surface area contributed by atoms with E-state index in [-0.39, 0.29) is 5.91 Å². The van der Waals surface area contributed by atoms with Gasteiger partial charge in [-0.15, -0.1) is 0 Å². The summed E-state index contributed by atoms with van der Waals surface area (Å²) in [7, 11) is 0. The Bertz CT molecular complexity index is 1040. The zero-order valence-corrected chi connectivity index (χ0v) is 15.0. The number of hydrogen-bond donors (Lipinski definition) is 1. The first-order valence-electron chi connectivity index (χ1n) is 8.37. The average molecular weight is 378 g/mol. The van der Waals surface area contributed by atoms with Gasteiger partial charge in [0.1, 0.15) is 5.56 Å². The molecule has 6 nitrogen and oxygen atoms in total. The molecule has 0 spiro atoms. The zero-order valence-electron chi connectivity index (χ0n) is 14.3. The molecule has 1 aromatic carbocycles. The molecule has 27 heavy (non-hydrogen) atoms. The Kier molecular flexibility index (Phi) is 4.72. The molecular weight excluding hydrogens is 362 g/mol. The summed E-state index contributed by atoms with van der Waals surface area (Å²) in [6.07, 6.45) is 8.73. The Labute approximate surface area is 161 Å². The first-order chi connectivity index (χ1) is 13.2. The maximum atomic E-state index is 12.8. The van der Waals surface area contributed by atoms with Crippen molar-refractivity contribution in [3.63, 3.8) is 0 Å². The summed E-state index contributed by atoms with van der Waals surface area (Å²) in [5, 5.41) is 8.01. The molecule has 3 heterocycles. The van der Waals surface area contributed by atoms with Gasteiger partial charge in [0.25, 0.3) is 5.91 Å². The summed E-state index contributed by atoms with van der Waals surface area (Å²) in [6.45, 7) is 0.415. The number of aromatic nitrogens is 4. The summed E-state index contributed by atoms with van der Waals surface area (Å²) < 4.78 is 3.58. The summed E-state index contributed by atoms with van der Waals surface area (Å²) >= 11 is 5.99. The Hall–Kier alpha value is -3.38. The maximum absolute atomic E-state index is 12.8. The average Bonchev–Trinajstić information content (AvgIpc) is 3.37. The number of rotatable bonds is 5. The second-order valence-electron chi connectivity index (χ2n) is 5.90. The van der Waals surface area contributed by atoms with Crippen molar-refractivity contribution in [2.75, 3.05) is 0 Å². The van der Waals surface area contributed by atoms with Crippen LogP contribution in [0.4, 0.5) is 0 Å². The van der Waals surface area contributed by atoms with Crippen LogP contribution in [0, 0.1) is 0 Å². The number of pyridine rings is 1. The van der Waals surface area contributed by atoms with E-state index in [0.717, 1.165) is 11.3 Å². The van der Waals surface area contributed by atoms with E-state index in [4.69, 9.17) is 11.6 Å². The van der Waals surface area contributed by atoms with Crippen LogP contribution in [0.5, 0.6) is 0 Å². The number of nitrogens with zero attached hydrogens (tertiary/aromatic N) is 4. The fourth-order valence-electron chi connectivity index (χ4n) is 2.78. The predicted molar refractivity (Wildman–Crippen MR) is 103 cm³/mol. The fraction of sp³-hybridized carbons (Fsp3) is 0.0500. The van der Waals surface area contributed by atoms with Gasteiger partial charge in [-0.05, 0) is 54.1 Å². The van der Waals surface area contributed by atoms with Crippen molar-refractivity contribution in [1.29, 1.82) is 0 Å². The number of halogens is 1. The highest BCUT2D eigenvalue weighted by Crippen LogP contribution is 2.21. The van der Waals surface area contributed by atoms with Crippen LogP contribution in [0.25, 0.3) is 11.5 Å². The van der Waals surface area contributed by atoms with Crippen LogP contribution >= 0.6 is 11.6 Å². The van der Waals surface area contributed by atoms with Gasteiger partial charge < -0.3 is 9.88 Å².